The topological polar surface area (TPSA) is 95.9 Å². The third-order valence-electron chi connectivity index (χ3n) is 4.76. The van der Waals surface area contributed by atoms with E-state index in [4.69, 9.17) is 4.74 Å². The van der Waals surface area contributed by atoms with Crippen LogP contribution >= 0.6 is 11.8 Å². The Morgan fingerprint density at radius 3 is 2.16 bits per heavy atom. The van der Waals surface area contributed by atoms with Gasteiger partial charge in [-0.05, 0) is 29.6 Å². The van der Waals surface area contributed by atoms with Crippen molar-refractivity contribution in [3.8, 4) is 0 Å². The van der Waals surface area contributed by atoms with Gasteiger partial charge in [0.2, 0.25) is 5.91 Å². The molecule has 0 aliphatic rings. The minimum absolute atomic E-state index is 0.0785. The molecule has 0 bridgehead atoms. The molecule has 2 rings (SSSR count). The molecule has 8 heteroatoms. The molecule has 2 atom stereocenters. The molecule has 0 radical (unpaired) electrons. The highest BCUT2D eigenvalue weighted by molar-refractivity contribution is 7.98. The molecule has 31 heavy (non-hydrogen) atoms. The Morgan fingerprint density at radius 2 is 1.61 bits per heavy atom. The Morgan fingerprint density at radius 1 is 1.03 bits per heavy atom. The first-order chi connectivity index (χ1) is 14.9. The standard InChI is InChI=1S/C23H28N2O5S/c1-25(23(29)30-16-18-11-7-4-8-12-18)20(15-17-9-5-3-6-10-17)21(26)24-19(22(27)28)13-14-31-2/h3-12,19-20H,13-16H2,1-2H3,(H,24,26)(H,27,28)/t19-,20-/m0/s1. The van der Waals surface area contributed by atoms with Crippen molar-refractivity contribution in [2.75, 3.05) is 19.1 Å². The van der Waals surface area contributed by atoms with Gasteiger partial charge in [0.1, 0.15) is 18.7 Å². The van der Waals surface area contributed by atoms with Crippen molar-refractivity contribution >= 4 is 29.7 Å². The number of carboxylic acid groups (broad SMARTS) is 1. The molecule has 0 fully saturated rings. The van der Waals surface area contributed by atoms with E-state index in [0.717, 1.165) is 11.1 Å². The molecule has 0 unspecified atom stereocenters. The largest absolute Gasteiger partial charge is 0.480 e. The number of thioether (sulfide) groups is 1. The van der Waals surface area contributed by atoms with Gasteiger partial charge in [-0.3, -0.25) is 9.69 Å². The Hall–Kier alpha value is -3.00. The molecule has 2 aromatic carbocycles. The van der Waals surface area contributed by atoms with E-state index >= 15 is 0 Å². The van der Waals surface area contributed by atoms with Crippen molar-refractivity contribution in [2.45, 2.75) is 31.5 Å². The number of carbonyl (C=O) groups excluding carboxylic acids is 2. The van der Waals surface area contributed by atoms with Gasteiger partial charge in [-0.1, -0.05) is 60.7 Å². The lowest BCUT2D eigenvalue weighted by Crippen LogP contribution is -2.53. The fourth-order valence-electron chi connectivity index (χ4n) is 2.95. The Bertz CT molecular complexity index is 848. The number of rotatable bonds is 11. The van der Waals surface area contributed by atoms with E-state index in [1.807, 2.05) is 66.9 Å². The number of nitrogens with one attached hydrogen (secondary N) is 1. The molecule has 2 amide bonds. The second-order valence-electron chi connectivity index (χ2n) is 7.04. The number of hydrogen-bond donors (Lipinski definition) is 2. The van der Waals surface area contributed by atoms with Gasteiger partial charge in [0.15, 0.2) is 0 Å². The number of carbonyl (C=O) groups is 3. The number of benzene rings is 2. The number of likely N-dealkylation sites (N-methyl/N-ethyl adjacent to an activating group) is 1. The molecule has 2 aromatic rings. The maximum absolute atomic E-state index is 13.0. The van der Waals surface area contributed by atoms with E-state index in [9.17, 15) is 19.5 Å². The van der Waals surface area contributed by atoms with Crippen LogP contribution in [0.2, 0.25) is 0 Å². The van der Waals surface area contributed by atoms with Crippen molar-refractivity contribution < 1.29 is 24.2 Å². The highest BCUT2D eigenvalue weighted by Gasteiger charge is 2.31. The van der Waals surface area contributed by atoms with Crippen LogP contribution in [0, 0.1) is 0 Å². The molecule has 0 heterocycles. The Balaban J connectivity index is 2.13. The zero-order valence-corrected chi connectivity index (χ0v) is 18.5. The van der Waals surface area contributed by atoms with Gasteiger partial charge in [0, 0.05) is 13.5 Å². The van der Waals surface area contributed by atoms with Gasteiger partial charge in [-0.25, -0.2) is 9.59 Å². The first-order valence-corrected chi connectivity index (χ1v) is 11.3. The average molecular weight is 445 g/mol. The van der Waals surface area contributed by atoms with Gasteiger partial charge < -0.3 is 15.2 Å². The van der Waals surface area contributed by atoms with Crippen molar-refractivity contribution in [3.05, 3.63) is 71.8 Å². The van der Waals surface area contributed by atoms with Gasteiger partial charge in [0.25, 0.3) is 0 Å². The quantitative estimate of drug-likeness (QED) is 0.553. The van der Waals surface area contributed by atoms with Gasteiger partial charge in [-0.2, -0.15) is 11.8 Å². The summed E-state index contributed by atoms with van der Waals surface area (Å²) >= 11 is 1.50. The van der Waals surface area contributed by atoms with Gasteiger partial charge in [-0.15, -0.1) is 0 Å². The lowest BCUT2D eigenvalue weighted by atomic mass is 10.0. The van der Waals surface area contributed by atoms with Crippen molar-refractivity contribution in [2.24, 2.45) is 0 Å². The van der Waals surface area contributed by atoms with Crippen LogP contribution in [0.25, 0.3) is 0 Å². The summed E-state index contributed by atoms with van der Waals surface area (Å²) < 4.78 is 5.36. The number of carboxylic acids is 1. The molecule has 0 aromatic heterocycles. The molecule has 2 N–H and O–H groups in total. The van der Waals surface area contributed by atoms with E-state index in [1.165, 1.54) is 23.7 Å². The van der Waals surface area contributed by atoms with Crippen LogP contribution in [-0.4, -0.2) is 59.1 Å². The second kappa shape index (κ2) is 12.6. The third-order valence-corrected chi connectivity index (χ3v) is 5.40. The van der Waals surface area contributed by atoms with Crippen LogP contribution in [-0.2, 0) is 27.4 Å². The summed E-state index contributed by atoms with van der Waals surface area (Å²) in [6, 6.07) is 16.6. The monoisotopic (exact) mass is 444 g/mol. The summed E-state index contributed by atoms with van der Waals surface area (Å²) in [5.41, 5.74) is 1.68. The van der Waals surface area contributed by atoms with Crippen LogP contribution in [0.5, 0.6) is 0 Å². The van der Waals surface area contributed by atoms with Crippen molar-refractivity contribution in [3.63, 3.8) is 0 Å². The summed E-state index contributed by atoms with van der Waals surface area (Å²) in [7, 11) is 1.48. The van der Waals surface area contributed by atoms with Crippen LogP contribution in [0.3, 0.4) is 0 Å². The average Bonchev–Trinajstić information content (AvgIpc) is 2.79. The molecule has 0 aliphatic heterocycles. The number of amides is 2. The summed E-state index contributed by atoms with van der Waals surface area (Å²) in [4.78, 5) is 38.4. The van der Waals surface area contributed by atoms with Gasteiger partial charge >= 0.3 is 12.1 Å². The first-order valence-electron chi connectivity index (χ1n) is 9.92. The number of aliphatic carboxylic acids is 1. The minimum Gasteiger partial charge on any atom is -0.480 e. The van der Waals surface area contributed by atoms with E-state index in [1.54, 1.807) is 0 Å². The van der Waals surface area contributed by atoms with Crippen LogP contribution in [0.4, 0.5) is 4.79 Å². The van der Waals surface area contributed by atoms with Crippen molar-refractivity contribution in [1.29, 1.82) is 0 Å². The molecule has 0 saturated heterocycles. The molecule has 0 spiro atoms. The lowest BCUT2D eigenvalue weighted by Gasteiger charge is -2.28. The zero-order chi connectivity index (χ0) is 22.6. The zero-order valence-electron chi connectivity index (χ0n) is 17.7. The third kappa shape index (κ3) is 7.97. The minimum atomic E-state index is -1.10. The second-order valence-corrected chi connectivity index (χ2v) is 8.02. The van der Waals surface area contributed by atoms with Crippen LogP contribution < -0.4 is 5.32 Å². The number of nitrogens with zero attached hydrogens (tertiary/aromatic N) is 1. The fraction of sp³-hybridized carbons (Fsp3) is 0.348. The van der Waals surface area contributed by atoms with Crippen LogP contribution in [0.15, 0.2) is 60.7 Å². The summed E-state index contributed by atoms with van der Waals surface area (Å²) in [6.45, 7) is 0.0785. The molecule has 166 valence electrons. The predicted octanol–water partition coefficient (Wildman–Crippen LogP) is 3.19. The van der Waals surface area contributed by atoms with E-state index in [0.29, 0.717) is 12.2 Å². The van der Waals surface area contributed by atoms with E-state index < -0.39 is 30.1 Å². The molecule has 7 nitrogen and oxygen atoms in total. The highest BCUT2D eigenvalue weighted by Crippen LogP contribution is 2.12. The fourth-order valence-corrected chi connectivity index (χ4v) is 3.42. The molecular weight excluding hydrogens is 416 g/mol. The molecule has 0 aliphatic carbocycles. The summed E-state index contributed by atoms with van der Waals surface area (Å²) in [5.74, 6) is -1.04. The highest BCUT2D eigenvalue weighted by atomic mass is 32.2. The van der Waals surface area contributed by atoms with E-state index in [2.05, 4.69) is 5.32 Å². The van der Waals surface area contributed by atoms with Crippen LogP contribution in [0.1, 0.15) is 17.5 Å². The summed E-state index contributed by atoms with van der Waals surface area (Å²) in [6.07, 6.45) is 1.74. The molecular formula is C23H28N2O5S. The lowest BCUT2D eigenvalue weighted by molar-refractivity contribution is -0.142. The van der Waals surface area contributed by atoms with Gasteiger partial charge in [0.05, 0.1) is 0 Å². The normalized spacial score (nSPS) is 12.5. The number of hydrogen-bond acceptors (Lipinski definition) is 5. The first kappa shape index (κ1) is 24.3. The SMILES string of the molecule is CSCC[C@H](NC(=O)[C@H](Cc1ccccc1)N(C)C(=O)OCc1ccccc1)C(=O)O. The Labute approximate surface area is 186 Å². The smallest absolute Gasteiger partial charge is 0.410 e. The Kier molecular flexibility index (Phi) is 9.90. The number of ether oxygens (including phenoxy) is 1. The maximum atomic E-state index is 13.0. The van der Waals surface area contributed by atoms with Crippen molar-refractivity contribution in [1.82, 2.24) is 10.2 Å². The molecule has 0 saturated carbocycles. The predicted molar refractivity (Wildman–Crippen MR) is 121 cm³/mol. The summed E-state index contributed by atoms with van der Waals surface area (Å²) in [5, 5.41) is 12.0. The maximum Gasteiger partial charge on any atom is 0.410 e. The van der Waals surface area contributed by atoms with E-state index in [-0.39, 0.29) is 13.0 Å².